The molecule has 16 heavy (non-hydrogen) atoms. The van der Waals surface area contributed by atoms with Crippen molar-refractivity contribution in [1.82, 2.24) is 5.32 Å². The molecule has 0 heterocycles. The van der Waals surface area contributed by atoms with Crippen LogP contribution in [0, 0.1) is 5.82 Å². The number of hydrogen-bond acceptors (Lipinski definition) is 3. The van der Waals surface area contributed by atoms with Gasteiger partial charge in [-0.2, -0.15) is 0 Å². The quantitative estimate of drug-likeness (QED) is 0.683. The zero-order valence-electron chi connectivity index (χ0n) is 9.49. The summed E-state index contributed by atoms with van der Waals surface area (Å²) in [6, 6.07) is 6.49. The lowest BCUT2D eigenvalue weighted by Gasteiger charge is -2.22. The fourth-order valence-corrected chi connectivity index (χ4v) is 1.64. The Morgan fingerprint density at radius 3 is 2.81 bits per heavy atom. The fourth-order valence-electron chi connectivity index (χ4n) is 1.64. The van der Waals surface area contributed by atoms with Crippen molar-refractivity contribution in [2.24, 2.45) is 5.73 Å². The van der Waals surface area contributed by atoms with Gasteiger partial charge in [-0.25, -0.2) is 4.39 Å². The molecule has 0 aliphatic rings. The third-order valence-corrected chi connectivity index (χ3v) is 2.53. The molecule has 4 heteroatoms. The van der Waals surface area contributed by atoms with Crippen LogP contribution in [0.1, 0.15) is 24.9 Å². The Balaban J connectivity index is 2.67. The largest absolute Gasteiger partial charge is 0.396 e. The Kier molecular flexibility index (Phi) is 5.38. The number of nitrogens with one attached hydrogen (secondary N) is 1. The second kappa shape index (κ2) is 6.58. The smallest absolute Gasteiger partial charge is 0.123 e. The first-order valence-electron chi connectivity index (χ1n) is 5.49. The summed E-state index contributed by atoms with van der Waals surface area (Å²) in [5, 5.41) is 12.1. The van der Waals surface area contributed by atoms with Gasteiger partial charge in [0.1, 0.15) is 5.82 Å². The van der Waals surface area contributed by atoms with Crippen LogP contribution in [0.25, 0.3) is 0 Å². The van der Waals surface area contributed by atoms with E-state index in [-0.39, 0.29) is 24.5 Å². The van der Waals surface area contributed by atoms with Gasteiger partial charge in [-0.05, 0) is 31.0 Å². The first-order chi connectivity index (χ1) is 7.67. The van der Waals surface area contributed by atoms with Gasteiger partial charge in [-0.3, -0.25) is 0 Å². The van der Waals surface area contributed by atoms with Crippen molar-refractivity contribution in [3.05, 3.63) is 35.6 Å². The molecule has 0 bridgehead atoms. The summed E-state index contributed by atoms with van der Waals surface area (Å²) in [7, 11) is 0. The summed E-state index contributed by atoms with van der Waals surface area (Å²) in [6.07, 6.45) is 0.659. The van der Waals surface area contributed by atoms with Gasteiger partial charge >= 0.3 is 0 Å². The molecule has 0 aliphatic heterocycles. The standard InChI is InChI=1S/C12H19FN2O/c1-9(5-6-16)15-12(8-14)10-3-2-4-11(13)7-10/h2-4,7,9,12,15-16H,5-6,8,14H2,1H3. The molecule has 0 aromatic heterocycles. The summed E-state index contributed by atoms with van der Waals surface area (Å²) >= 11 is 0. The number of halogens is 1. The van der Waals surface area contributed by atoms with Crippen molar-refractivity contribution >= 4 is 0 Å². The van der Waals surface area contributed by atoms with E-state index in [1.807, 2.05) is 13.0 Å². The van der Waals surface area contributed by atoms with Crippen molar-refractivity contribution in [2.45, 2.75) is 25.4 Å². The van der Waals surface area contributed by atoms with Crippen molar-refractivity contribution in [3.63, 3.8) is 0 Å². The molecule has 0 amide bonds. The van der Waals surface area contributed by atoms with Crippen molar-refractivity contribution in [1.29, 1.82) is 0 Å². The van der Waals surface area contributed by atoms with Gasteiger partial charge in [0.25, 0.3) is 0 Å². The molecule has 4 N–H and O–H groups in total. The Bertz CT molecular complexity index is 320. The highest BCUT2D eigenvalue weighted by Crippen LogP contribution is 2.14. The van der Waals surface area contributed by atoms with Gasteiger partial charge < -0.3 is 16.2 Å². The average molecular weight is 226 g/mol. The molecular formula is C12H19FN2O. The average Bonchev–Trinajstić information content (AvgIpc) is 2.26. The lowest BCUT2D eigenvalue weighted by molar-refractivity contribution is 0.263. The first kappa shape index (κ1) is 13.1. The SMILES string of the molecule is CC(CCO)NC(CN)c1cccc(F)c1. The Hall–Kier alpha value is -0.970. The molecular weight excluding hydrogens is 207 g/mol. The number of benzene rings is 1. The molecule has 0 radical (unpaired) electrons. The van der Waals surface area contributed by atoms with E-state index in [4.69, 9.17) is 10.8 Å². The normalized spacial score (nSPS) is 14.8. The lowest BCUT2D eigenvalue weighted by atomic mass is 10.1. The van der Waals surface area contributed by atoms with Crippen LogP contribution in [0.15, 0.2) is 24.3 Å². The highest BCUT2D eigenvalue weighted by Gasteiger charge is 2.12. The van der Waals surface area contributed by atoms with E-state index in [0.29, 0.717) is 13.0 Å². The van der Waals surface area contributed by atoms with Gasteiger partial charge in [-0.1, -0.05) is 12.1 Å². The molecule has 1 aromatic rings. The third kappa shape index (κ3) is 3.89. The lowest BCUT2D eigenvalue weighted by Crippen LogP contribution is -2.35. The minimum absolute atomic E-state index is 0.0720. The van der Waals surface area contributed by atoms with Crippen LogP contribution in [-0.4, -0.2) is 24.3 Å². The van der Waals surface area contributed by atoms with Crippen LogP contribution in [0.5, 0.6) is 0 Å². The number of aliphatic hydroxyl groups excluding tert-OH is 1. The van der Waals surface area contributed by atoms with E-state index < -0.39 is 0 Å². The second-order valence-electron chi connectivity index (χ2n) is 3.92. The molecule has 2 atom stereocenters. The zero-order valence-corrected chi connectivity index (χ0v) is 9.49. The maximum Gasteiger partial charge on any atom is 0.123 e. The minimum Gasteiger partial charge on any atom is -0.396 e. The van der Waals surface area contributed by atoms with Crippen LogP contribution in [-0.2, 0) is 0 Å². The molecule has 0 fully saturated rings. The van der Waals surface area contributed by atoms with Crippen LogP contribution in [0.2, 0.25) is 0 Å². The van der Waals surface area contributed by atoms with E-state index in [1.54, 1.807) is 6.07 Å². The van der Waals surface area contributed by atoms with E-state index >= 15 is 0 Å². The summed E-state index contributed by atoms with van der Waals surface area (Å²) in [6.45, 7) is 2.51. The van der Waals surface area contributed by atoms with Crippen LogP contribution in [0.4, 0.5) is 4.39 Å². The maximum absolute atomic E-state index is 13.0. The molecule has 2 unspecified atom stereocenters. The topological polar surface area (TPSA) is 58.3 Å². The van der Waals surface area contributed by atoms with Crippen molar-refractivity contribution < 1.29 is 9.50 Å². The summed E-state index contributed by atoms with van der Waals surface area (Å²) in [5.41, 5.74) is 6.49. The van der Waals surface area contributed by atoms with E-state index in [0.717, 1.165) is 5.56 Å². The molecule has 0 aliphatic carbocycles. The highest BCUT2D eigenvalue weighted by atomic mass is 19.1. The van der Waals surface area contributed by atoms with Crippen LogP contribution in [0.3, 0.4) is 0 Å². The molecule has 0 saturated carbocycles. The van der Waals surface area contributed by atoms with Crippen LogP contribution < -0.4 is 11.1 Å². The molecule has 0 saturated heterocycles. The number of nitrogens with two attached hydrogens (primary N) is 1. The number of aliphatic hydroxyl groups is 1. The summed E-state index contributed by atoms with van der Waals surface area (Å²) in [5.74, 6) is -0.257. The van der Waals surface area contributed by atoms with Gasteiger partial charge in [-0.15, -0.1) is 0 Å². The predicted octanol–water partition coefficient (Wildman–Crippen LogP) is 1.19. The Morgan fingerprint density at radius 1 is 1.50 bits per heavy atom. The summed E-state index contributed by atoms with van der Waals surface area (Å²) < 4.78 is 13.0. The molecule has 0 spiro atoms. The van der Waals surface area contributed by atoms with E-state index in [2.05, 4.69) is 5.32 Å². The summed E-state index contributed by atoms with van der Waals surface area (Å²) in [4.78, 5) is 0. The Morgan fingerprint density at radius 2 is 2.25 bits per heavy atom. The van der Waals surface area contributed by atoms with E-state index in [9.17, 15) is 4.39 Å². The molecule has 3 nitrogen and oxygen atoms in total. The van der Waals surface area contributed by atoms with Crippen LogP contribution >= 0.6 is 0 Å². The molecule has 1 aromatic carbocycles. The highest BCUT2D eigenvalue weighted by molar-refractivity contribution is 5.20. The monoisotopic (exact) mass is 226 g/mol. The number of rotatable bonds is 6. The zero-order chi connectivity index (χ0) is 12.0. The van der Waals surface area contributed by atoms with Gasteiger partial charge in [0, 0.05) is 25.2 Å². The molecule has 90 valence electrons. The van der Waals surface area contributed by atoms with Crippen molar-refractivity contribution in [3.8, 4) is 0 Å². The van der Waals surface area contributed by atoms with Crippen molar-refractivity contribution in [2.75, 3.05) is 13.2 Å². The fraction of sp³-hybridized carbons (Fsp3) is 0.500. The van der Waals surface area contributed by atoms with Gasteiger partial charge in [0.05, 0.1) is 0 Å². The maximum atomic E-state index is 13.0. The first-order valence-corrected chi connectivity index (χ1v) is 5.49. The molecule has 1 rings (SSSR count). The minimum atomic E-state index is -0.257. The van der Waals surface area contributed by atoms with E-state index in [1.165, 1.54) is 12.1 Å². The van der Waals surface area contributed by atoms with Gasteiger partial charge in [0.2, 0.25) is 0 Å². The second-order valence-corrected chi connectivity index (χ2v) is 3.92. The third-order valence-electron chi connectivity index (χ3n) is 2.53. The Labute approximate surface area is 95.5 Å². The van der Waals surface area contributed by atoms with Gasteiger partial charge in [0.15, 0.2) is 0 Å². The number of hydrogen-bond donors (Lipinski definition) is 3. The predicted molar refractivity (Wildman–Crippen MR) is 62.5 cm³/mol.